The van der Waals surface area contributed by atoms with Gasteiger partial charge in [-0.3, -0.25) is 9.59 Å². The van der Waals surface area contributed by atoms with Crippen LogP contribution in [0.25, 0.3) is 0 Å². The molecule has 118 valence electrons. The van der Waals surface area contributed by atoms with Gasteiger partial charge in [-0.2, -0.15) is 0 Å². The van der Waals surface area contributed by atoms with Crippen LogP contribution in [0.2, 0.25) is 0 Å². The Balaban J connectivity index is 2.48. The fraction of sp³-hybridized carbons (Fsp3) is 0.625. The van der Waals surface area contributed by atoms with E-state index >= 15 is 0 Å². The fourth-order valence-corrected chi connectivity index (χ4v) is 2.61. The van der Waals surface area contributed by atoms with Gasteiger partial charge >= 0.3 is 0 Å². The average molecular weight is 310 g/mol. The Kier molecular flexibility index (Phi) is 7.43. The molecule has 0 bridgehead atoms. The largest absolute Gasteiger partial charge is 0.354 e. The molecule has 0 aliphatic heterocycles. The number of rotatable bonds is 8. The van der Waals surface area contributed by atoms with Crippen molar-refractivity contribution < 1.29 is 9.59 Å². The molecule has 1 rings (SSSR count). The van der Waals surface area contributed by atoms with Crippen molar-refractivity contribution >= 4 is 23.2 Å². The Morgan fingerprint density at radius 3 is 2.48 bits per heavy atom. The number of hydrogen-bond acceptors (Lipinski definition) is 3. The van der Waals surface area contributed by atoms with E-state index in [4.69, 9.17) is 0 Å². The van der Waals surface area contributed by atoms with Crippen LogP contribution in [0.15, 0.2) is 17.5 Å². The molecule has 0 spiro atoms. The van der Waals surface area contributed by atoms with Gasteiger partial charge in [-0.25, -0.2) is 0 Å². The molecule has 1 heterocycles. The zero-order chi connectivity index (χ0) is 15.8. The van der Waals surface area contributed by atoms with Gasteiger partial charge in [0.05, 0.1) is 4.88 Å². The van der Waals surface area contributed by atoms with Crippen molar-refractivity contribution in [2.24, 2.45) is 11.8 Å². The van der Waals surface area contributed by atoms with Crippen LogP contribution < -0.4 is 10.6 Å². The first-order chi connectivity index (χ1) is 9.91. The summed E-state index contributed by atoms with van der Waals surface area (Å²) in [7, 11) is 0. The van der Waals surface area contributed by atoms with Crippen molar-refractivity contribution in [1.29, 1.82) is 0 Å². The topological polar surface area (TPSA) is 58.2 Å². The monoisotopic (exact) mass is 310 g/mol. The van der Waals surface area contributed by atoms with E-state index in [2.05, 4.69) is 24.5 Å². The number of carbonyl (C=O) groups excluding carboxylic acids is 2. The third-order valence-corrected chi connectivity index (χ3v) is 4.11. The standard InChI is InChI=1S/C16H26N2O2S/c1-11(2)7-5-9-17-16(20)14(12(3)4)18-15(19)13-8-6-10-21-13/h6,8,10-12,14H,5,7,9H2,1-4H3,(H,17,20)(H,18,19). The number of carbonyl (C=O) groups is 2. The molecule has 0 fully saturated rings. The molecule has 0 saturated carbocycles. The molecular weight excluding hydrogens is 284 g/mol. The van der Waals surface area contributed by atoms with E-state index in [9.17, 15) is 9.59 Å². The fourth-order valence-electron chi connectivity index (χ4n) is 1.99. The molecule has 2 N–H and O–H groups in total. The van der Waals surface area contributed by atoms with Gasteiger partial charge in [0, 0.05) is 6.54 Å². The average Bonchev–Trinajstić information content (AvgIpc) is 2.93. The highest BCUT2D eigenvalue weighted by atomic mass is 32.1. The summed E-state index contributed by atoms with van der Waals surface area (Å²) in [4.78, 5) is 24.9. The SMILES string of the molecule is CC(C)CCCNC(=O)C(NC(=O)c1cccs1)C(C)C. The second-order valence-corrected chi connectivity index (χ2v) is 6.95. The van der Waals surface area contributed by atoms with Gasteiger partial charge < -0.3 is 10.6 Å². The normalized spacial score (nSPS) is 12.5. The van der Waals surface area contributed by atoms with Crippen LogP contribution in [0.1, 0.15) is 50.2 Å². The predicted octanol–water partition coefficient (Wildman–Crippen LogP) is 3.05. The first-order valence-corrected chi connectivity index (χ1v) is 8.41. The molecule has 0 aliphatic carbocycles. The van der Waals surface area contributed by atoms with Crippen LogP contribution in [0, 0.1) is 11.8 Å². The van der Waals surface area contributed by atoms with E-state index in [1.807, 2.05) is 25.3 Å². The van der Waals surface area contributed by atoms with E-state index in [1.165, 1.54) is 11.3 Å². The minimum atomic E-state index is -0.487. The van der Waals surface area contributed by atoms with Crippen molar-refractivity contribution in [3.8, 4) is 0 Å². The van der Waals surface area contributed by atoms with E-state index in [0.29, 0.717) is 17.3 Å². The molecule has 4 nitrogen and oxygen atoms in total. The summed E-state index contributed by atoms with van der Waals surface area (Å²) in [5, 5.41) is 7.60. The second-order valence-electron chi connectivity index (χ2n) is 6.00. The lowest BCUT2D eigenvalue weighted by atomic mass is 10.0. The number of nitrogens with one attached hydrogen (secondary N) is 2. The summed E-state index contributed by atoms with van der Waals surface area (Å²) in [5.74, 6) is 0.417. The minimum absolute atomic E-state index is 0.0546. The molecule has 0 saturated heterocycles. The highest BCUT2D eigenvalue weighted by Gasteiger charge is 2.24. The van der Waals surface area contributed by atoms with Crippen molar-refractivity contribution in [2.45, 2.75) is 46.6 Å². The van der Waals surface area contributed by atoms with Gasteiger partial charge in [0.2, 0.25) is 5.91 Å². The first-order valence-electron chi connectivity index (χ1n) is 7.54. The van der Waals surface area contributed by atoms with Gasteiger partial charge in [0.25, 0.3) is 5.91 Å². The van der Waals surface area contributed by atoms with Crippen LogP contribution >= 0.6 is 11.3 Å². The number of hydrogen-bond donors (Lipinski definition) is 2. The maximum Gasteiger partial charge on any atom is 0.262 e. The molecule has 1 unspecified atom stereocenters. The molecule has 1 aromatic rings. The zero-order valence-corrected chi connectivity index (χ0v) is 14.1. The van der Waals surface area contributed by atoms with Gasteiger partial charge in [0.1, 0.15) is 6.04 Å². The maximum absolute atomic E-state index is 12.2. The summed E-state index contributed by atoms with van der Waals surface area (Å²) in [6.45, 7) is 8.87. The van der Waals surface area contributed by atoms with Gasteiger partial charge in [-0.15, -0.1) is 11.3 Å². The van der Waals surface area contributed by atoms with E-state index < -0.39 is 6.04 Å². The highest BCUT2D eigenvalue weighted by Crippen LogP contribution is 2.10. The van der Waals surface area contributed by atoms with Crippen molar-refractivity contribution in [3.05, 3.63) is 22.4 Å². The van der Waals surface area contributed by atoms with Crippen molar-refractivity contribution in [1.82, 2.24) is 10.6 Å². The van der Waals surface area contributed by atoms with Crippen LogP contribution in [0.4, 0.5) is 0 Å². The summed E-state index contributed by atoms with van der Waals surface area (Å²) in [6.07, 6.45) is 2.06. The zero-order valence-electron chi connectivity index (χ0n) is 13.3. The molecule has 1 aromatic heterocycles. The molecule has 2 amide bonds. The Morgan fingerprint density at radius 1 is 1.24 bits per heavy atom. The van der Waals surface area contributed by atoms with Crippen LogP contribution in [0.3, 0.4) is 0 Å². The van der Waals surface area contributed by atoms with Crippen LogP contribution in [0.5, 0.6) is 0 Å². The molecule has 21 heavy (non-hydrogen) atoms. The van der Waals surface area contributed by atoms with Gasteiger partial charge in [-0.1, -0.05) is 33.8 Å². The molecule has 0 aliphatic rings. The van der Waals surface area contributed by atoms with E-state index in [1.54, 1.807) is 6.07 Å². The molecular formula is C16H26N2O2S. The van der Waals surface area contributed by atoms with Crippen LogP contribution in [-0.4, -0.2) is 24.4 Å². The summed E-state index contributed by atoms with van der Waals surface area (Å²) < 4.78 is 0. The lowest BCUT2D eigenvalue weighted by Crippen LogP contribution is -2.49. The Morgan fingerprint density at radius 2 is 1.95 bits per heavy atom. The quantitative estimate of drug-likeness (QED) is 0.725. The Labute approximate surface area is 131 Å². The van der Waals surface area contributed by atoms with Crippen molar-refractivity contribution in [3.63, 3.8) is 0 Å². The van der Waals surface area contributed by atoms with Gasteiger partial charge in [0.15, 0.2) is 0 Å². The highest BCUT2D eigenvalue weighted by molar-refractivity contribution is 7.12. The smallest absolute Gasteiger partial charge is 0.262 e. The molecule has 0 radical (unpaired) electrons. The van der Waals surface area contributed by atoms with Crippen molar-refractivity contribution in [2.75, 3.05) is 6.54 Å². The molecule has 1 atom stereocenters. The lowest BCUT2D eigenvalue weighted by molar-refractivity contribution is -0.123. The second kappa shape index (κ2) is 8.82. The summed E-state index contributed by atoms with van der Waals surface area (Å²) in [6, 6.07) is 3.10. The maximum atomic E-state index is 12.2. The third kappa shape index (κ3) is 6.29. The van der Waals surface area contributed by atoms with Crippen LogP contribution in [-0.2, 0) is 4.79 Å². The Hall–Kier alpha value is -1.36. The molecule has 5 heteroatoms. The minimum Gasteiger partial charge on any atom is -0.354 e. The predicted molar refractivity (Wildman–Crippen MR) is 87.5 cm³/mol. The molecule has 0 aromatic carbocycles. The summed E-state index contributed by atoms with van der Waals surface area (Å²) >= 11 is 1.38. The third-order valence-electron chi connectivity index (χ3n) is 3.24. The van der Waals surface area contributed by atoms with E-state index in [-0.39, 0.29) is 17.7 Å². The first kappa shape index (κ1) is 17.7. The number of amides is 2. The van der Waals surface area contributed by atoms with Gasteiger partial charge in [-0.05, 0) is 36.1 Å². The van der Waals surface area contributed by atoms with E-state index in [0.717, 1.165) is 12.8 Å². The Bertz CT molecular complexity index is 441. The lowest BCUT2D eigenvalue weighted by Gasteiger charge is -2.21. The summed E-state index contributed by atoms with van der Waals surface area (Å²) in [5.41, 5.74) is 0. The number of thiophene rings is 1.